The van der Waals surface area contributed by atoms with Gasteiger partial charge >= 0.3 is 0 Å². The topological polar surface area (TPSA) is 64.0 Å². The maximum Gasteiger partial charge on any atom is 0.271 e. The number of nitrogens with one attached hydrogen (secondary N) is 1. The number of carbonyl (C=O) groups is 1. The van der Waals surface area contributed by atoms with E-state index in [0.29, 0.717) is 15.2 Å². The fraction of sp³-hybridized carbons (Fsp3) is 0.0952. The van der Waals surface area contributed by atoms with E-state index in [0.717, 1.165) is 11.1 Å². The lowest BCUT2D eigenvalue weighted by Gasteiger charge is -2.20. The van der Waals surface area contributed by atoms with Crippen LogP contribution in [0.15, 0.2) is 77.2 Å². The molecule has 0 aliphatic carbocycles. The molecule has 2 aromatic carbocycles. The Bertz CT molecular complexity index is 1190. The second-order valence-electron chi connectivity index (χ2n) is 6.28. The second kappa shape index (κ2) is 7.96. The number of hydrogen-bond acceptors (Lipinski definition) is 4. The molecule has 0 saturated carbocycles. The number of thiophene rings is 1. The number of benzene rings is 2. The van der Waals surface area contributed by atoms with Crippen LogP contribution >= 0.6 is 22.9 Å². The molecule has 1 amide bonds. The van der Waals surface area contributed by atoms with Gasteiger partial charge in [0.25, 0.3) is 5.56 Å². The fourth-order valence-electron chi connectivity index (χ4n) is 3.04. The predicted molar refractivity (Wildman–Crippen MR) is 112 cm³/mol. The van der Waals surface area contributed by atoms with E-state index in [4.69, 9.17) is 11.6 Å². The number of hydrogen-bond donors (Lipinski definition) is 1. The van der Waals surface area contributed by atoms with Crippen molar-refractivity contribution in [2.75, 3.05) is 0 Å². The van der Waals surface area contributed by atoms with Crippen LogP contribution in [0.25, 0.3) is 10.2 Å². The van der Waals surface area contributed by atoms with E-state index in [-0.39, 0.29) is 24.1 Å². The Morgan fingerprint density at radius 3 is 2.68 bits per heavy atom. The van der Waals surface area contributed by atoms with E-state index < -0.39 is 0 Å². The summed E-state index contributed by atoms with van der Waals surface area (Å²) in [5, 5.41) is 5.42. The van der Waals surface area contributed by atoms with Crippen LogP contribution in [-0.4, -0.2) is 15.5 Å². The Labute approximate surface area is 170 Å². The van der Waals surface area contributed by atoms with Crippen LogP contribution in [0.4, 0.5) is 0 Å². The Morgan fingerprint density at radius 2 is 1.89 bits per heavy atom. The van der Waals surface area contributed by atoms with Crippen LogP contribution in [0, 0.1) is 0 Å². The Morgan fingerprint density at radius 1 is 1.11 bits per heavy atom. The first-order chi connectivity index (χ1) is 13.6. The van der Waals surface area contributed by atoms with Crippen molar-refractivity contribution in [3.05, 3.63) is 98.9 Å². The third kappa shape index (κ3) is 3.83. The zero-order valence-electron chi connectivity index (χ0n) is 14.7. The number of aromatic nitrogens is 2. The zero-order valence-corrected chi connectivity index (χ0v) is 16.3. The summed E-state index contributed by atoms with van der Waals surface area (Å²) in [6.45, 7) is -0.108. The van der Waals surface area contributed by atoms with E-state index >= 15 is 0 Å². The summed E-state index contributed by atoms with van der Waals surface area (Å²) in [6, 6.07) is 18.4. The first-order valence-corrected chi connectivity index (χ1v) is 9.90. The summed E-state index contributed by atoms with van der Waals surface area (Å²) < 4.78 is 1.87. The number of nitrogens with zero attached hydrogens (tertiary/aromatic N) is 2. The van der Waals surface area contributed by atoms with E-state index in [1.165, 1.54) is 22.2 Å². The molecule has 28 heavy (non-hydrogen) atoms. The number of fused-ring (bicyclic) bond motifs is 1. The van der Waals surface area contributed by atoms with Gasteiger partial charge in [-0.1, -0.05) is 54.1 Å². The average molecular weight is 410 g/mol. The highest BCUT2D eigenvalue weighted by Crippen LogP contribution is 2.24. The van der Waals surface area contributed by atoms with Crippen molar-refractivity contribution in [1.29, 1.82) is 0 Å². The largest absolute Gasteiger partial charge is 0.344 e. The number of halogens is 1. The molecule has 1 atom stereocenters. The zero-order chi connectivity index (χ0) is 19.5. The lowest BCUT2D eigenvalue weighted by Crippen LogP contribution is -2.35. The number of rotatable bonds is 5. The maximum atomic E-state index is 12.8. The smallest absolute Gasteiger partial charge is 0.271 e. The van der Waals surface area contributed by atoms with Gasteiger partial charge in [-0.3, -0.25) is 14.2 Å². The van der Waals surface area contributed by atoms with Crippen LogP contribution in [0.5, 0.6) is 0 Å². The molecule has 0 spiro atoms. The van der Waals surface area contributed by atoms with Crippen LogP contribution in [0.1, 0.15) is 17.2 Å². The molecule has 0 fully saturated rings. The molecular formula is C21H16ClN3O2S. The lowest BCUT2D eigenvalue weighted by atomic mass is 9.98. The van der Waals surface area contributed by atoms with Gasteiger partial charge < -0.3 is 5.32 Å². The normalized spacial score (nSPS) is 12.0. The lowest BCUT2D eigenvalue weighted by molar-refractivity contribution is -0.122. The third-order valence-corrected chi connectivity index (χ3v) is 5.50. The summed E-state index contributed by atoms with van der Waals surface area (Å²) >= 11 is 7.47. The fourth-order valence-corrected chi connectivity index (χ4v) is 4.04. The van der Waals surface area contributed by atoms with Gasteiger partial charge in [-0.15, -0.1) is 11.3 Å². The van der Waals surface area contributed by atoms with E-state index in [1.807, 2.05) is 53.9 Å². The minimum atomic E-state index is -0.374. The molecule has 0 aliphatic heterocycles. The molecule has 7 heteroatoms. The van der Waals surface area contributed by atoms with Crippen molar-refractivity contribution < 1.29 is 4.79 Å². The highest BCUT2D eigenvalue weighted by atomic mass is 35.5. The molecule has 1 unspecified atom stereocenters. The number of carbonyl (C=O) groups excluding carboxylic acids is 1. The molecule has 1 N–H and O–H groups in total. The average Bonchev–Trinajstić information content (AvgIpc) is 3.19. The van der Waals surface area contributed by atoms with Gasteiger partial charge in [0.05, 0.1) is 17.9 Å². The first-order valence-electron chi connectivity index (χ1n) is 8.64. The van der Waals surface area contributed by atoms with Gasteiger partial charge in [-0.25, -0.2) is 4.98 Å². The van der Waals surface area contributed by atoms with Gasteiger partial charge in [-0.2, -0.15) is 0 Å². The minimum absolute atomic E-state index is 0.108. The molecule has 2 aromatic heterocycles. The van der Waals surface area contributed by atoms with E-state index in [9.17, 15) is 9.59 Å². The Kier molecular flexibility index (Phi) is 5.23. The maximum absolute atomic E-state index is 12.8. The summed E-state index contributed by atoms with van der Waals surface area (Å²) in [4.78, 5) is 29.5. The summed E-state index contributed by atoms with van der Waals surface area (Å²) in [6.07, 6.45) is 1.41. The first kappa shape index (κ1) is 18.4. The SMILES string of the molecule is O=C(Cn1cnc2ccsc2c1=O)NC(c1ccccc1)c1cccc(Cl)c1. The van der Waals surface area contributed by atoms with Crippen molar-refractivity contribution in [3.63, 3.8) is 0 Å². The highest BCUT2D eigenvalue weighted by molar-refractivity contribution is 7.17. The molecular weight excluding hydrogens is 394 g/mol. The van der Waals surface area contributed by atoms with Crippen molar-refractivity contribution in [3.8, 4) is 0 Å². The van der Waals surface area contributed by atoms with Crippen LogP contribution < -0.4 is 10.9 Å². The van der Waals surface area contributed by atoms with Crippen molar-refractivity contribution >= 4 is 39.1 Å². The molecule has 0 aliphatic rings. The Balaban J connectivity index is 1.62. The van der Waals surface area contributed by atoms with Gasteiger partial charge in [0.1, 0.15) is 11.2 Å². The van der Waals surface area contributed by atoms with Gasteiger partial charge in [-0.05, 0) is 34.7 Å². The van der Waals surface area contributed by atoms with Crippen LogP contribution in [0.3, 0.4) is 0 Å². The van der Waals surface area contributed by atoms with Crippen molar-refractivity contribution in [1.82, 2.24) is 14.9 Å². The highest BCUT2D eigenvalue weighted by Gasteiger charge is 2.18. The standard InChI is InChI=1S/C21H16ClN3O2S/c22-16-8-4-7-15(11-16)19(14-5-2-1-3-6-14)24-18(26)12-25-13-23-17-9-10-28-20(17)21(25)27/h1-11,13,19H,12H2,(H,24,26). The van der Waals surface area contributed by atoms with Gasteiger partial charge in [0.15, 0.2) is 0 Å². The molecule has 4 rings (SSSR count). The van der Waals surface area contributed by atoms with E-state index in [2.05, 4.69) is 10.3 Å². The minimum Gasteiger partial charge on any atom is -0.344 e. The molecule has 0 radical (unpaired) electrons. The molecule has 0 bridgehead atoms. The van der Waals surface area contributed by atoms with Gasteiger partial charge in [0, 0.05) is 5.02 Å². The quantitative estimate of drug-likeness (QED) is 0.541. The van der Waals surface area contributed by atoms with E-state index in [1.54, 1.807) is 12.1 Å². The second-order valence-corrected chi connectivity index (χ2v) is 7.63. The monoisotopic (exact) mass is 409 g/mol. The summed E-state index contributed by atoms with van der Waals surface area (Å²) in [7, 11) is 0. The van der Waals surface area contributed by atoms with Crippen LogP contribution in [-0.2, 0) is 11.3 Å². The summed E-state index contributed by atoms with van der Waals surface area (Å²) in [5.41, 5.74) is 2.23. The molecule has 5 nitrogen and oxygen atoms in total. The third-order valence-electron chi connectivity index (χ3n) is 4.37. The summed E-state index contributed by atoms with van der Waals surface area (Å²) in [5.74, 6) is -0.284. The Hall–Kier alpha value is -2.96. The molecule has 0 saturated heterocycles. The molecule has 4 aromatic rings. The molecule has 2 heterocycles. The molecule has 140 valence electrons. The van der Waals surface area contributed by atoms with Gasteiger partial charge in [0.2, 0.25) is 5.91 Å². The predicted octanol–water partition coefficient (Wildman–Crippen LogP) is 4.02. The number of amides is 1. The van der Waals surface area contributed by atoms with Crippen LogP contribution in [0.2, 0.25) is 5.02 Å². The van der Waals surface area contributed by atoms with Crippen molar-refractivity contribution in [2.45, 2.75) is 12.6 Å². The van der Waals surface area contributed by atoms with Crippen molar-refractivity contribution in [2.24, 2.45) is 0 Å².